The lowest BCUT2D eigenvalue weighted by Crippen LogP contribution is -2.29. The maximum absolute atomic E-state index is 13.2. The SMILES string of the molecule is Cc1cc(/C(O)=C2/C(=O)C(=O)N(c3cccc(Cl)c3)C2c2cccs2)ccc1OCC(C)C. The molecule has 170 valence electrons. The van der Waals surface area contributed by atoms with Crippen LogP contribution in [0.5, 0.6) is 5.75 Å². The number of aliphatic hydroxyl groups is 1. The van der Waals surface area contributed by atoms with Gasteiger partial charge in [0.2, 0.25) is 0 Å². The topological polar surface area (TPSA) is 66.8 Å². The van der Waals surface area contributed by atoms with Gasteiger partial charge in [0.05, 0.1) is 12.2 Å². The molecule has 5 nitrogen and oxygen atoms in total. The largest absolute Gasteiger partial charge is 0.507 e. The van der Waals surface area contributed by atoms with E-state index < -0.39 is 17.7 Å². The van der Waals surface area contributed by atoms with Crippen LogP contribution in [0, 0.1) is 12.8 Å². The number of aryl methyl sites for hydroxylation is 1. The molecular formula is C26H24ClNO4S. The molecule has 1 unspecified atom stereocenters. The van der Waals surface area contributed by atoms with E-state index in [9.17, 15) is 14.7 Å². The normalized spacial score (nSPS) is 17.7. The van der Waals surface area contributed by atoms with Gasteiger partial charge < -0.3 is 9.84 Å². The molecular weight excluding hydrogens is 458 g/mol. The van der Waals surface area contributed by atoms with Crippen LogP contribution in [0.1, 0.15) is 35.9 Å². The van der Waals surface area contributed by atoms with Gasteiger partial charge in [-0.15, -0.1) is 11.3 Å². The molecule has 1 saturated heterocycles. The standard InChI is InChI=1S/C26H24ClNO4S/c1-15(2)14-32-20-10-9-17(12-16(20)3)24(29)22-23(21-8-5-11-33-21)28(26(31)25(22)30)19-7-4-6-18(27)13-19/h4-13,15,23,29H,14H2,1-3H3/b24-22-. The Kier molecular flexibility index (Phi) is 6.58. The van der Waals surface area contributed by atoms with Crippen molar-refractivity contribution >= 4 is 46.1 Å². The van der Waals surface area contributed by atoms with E-state index in [1.165, 1.54) is 16.2 Å². The Morgan fingerprint density at radius 3 is 2.58 bits per heavy atom. The van der Waals surface area contributed by atoms with Crippen LogP contribution in [0.25, 0.3) is 5.76 Å². The van der Waals surface area contributed by atoms with Gasteiger partial charge in [-0.05, 0) is 66.2 Å². The van der Waals surface area contributed by atoms with Gasteiger partial charge in [-0.3, -0.25) is 14.5 Å². The summed E-state index contributed by atoms with van der Waals surface area (Å²) in [6.07, 6.45) is 0. The number of ether oxygens (including phenoxy) is 1. The zero-order valence-electron chi connectivity index (χ0n) is 18.5. The van der Waals surface area contributed by atoms with Gasteiger partial charge in [-0.1, -0.05) is 37.6 Å². The van der Waals surface area contributed by atoms with Crippen molar-refractivity contribution in [3.8, 4) is 5.75 Å². The number of halogens is 1. The number of anilines is 1. The Balaban J connectivity index is 1.81. The summed E-state index contributed by atoms with van der Waals surface area (Å²) in [6, 6.07) is 15.0. The lowest BCUT2D eigenvalue weighted by atomic mass is 9.98. The molecule has 1 atom stereocenters. The quantitative estimate of drug-likeness (QED) is 0.252. The second-order valence-electron chi connectivity index (χ2n) is 8.35. The summed E-state index contributed by atoms with van der Waals surface area (Å²) in [4.78, 5) is 28.4. The molecule has 4 rings (SSSR count). The molecule has 1 N–H and O–H groups in total. The number of amides is 1. The predicted molar refractivity (Wildman–Crippen MR) is 132 cm³/mol. The molecule has 0 bridgehead atoms. The van der Waals surface area contributed by atoms with Gasteiger partial charge >= 0.3 is 0 Å². The number of hydrogen-bond donors (Lipinski definition) is 1. The Bertz CT molecular complexity index is 1230. The molecule has 1 aliphatic rings. The van der Waals surface area contributed by atoms with Crippen LogP contribution < -0.4 is 9.64 Å². The molecule has 0 saturated carbocycles. The second-order valence-corrected chi connectivity index (χ2v) is 9.77. The van der Waals surface area contributed by atoms with Crippen molar-refractivity contribution in [2.45, 2.75) is 26.8 Å². The maximum Gasteiger partial charge on any atom is 0.300 e. The van der Waals surface area contributed by atoms with Crippen LogP contribution >= 0.6 is 22.9 Å². The first kappa shape index (κ1) is 23.1. The zero-order chi connectivity index (χ0) is 23.7. The third kappa shape index (κ3) is 4.54. The number of thiophene rings is 1. The summed E-state index contributed by atoms with van der Waals surface area (Å²) in [5.74, 6) is -0.551. The number of carbonyl (C=O) groups is 2. The molecule has 1 amide bonds. The van der Waals surface area contributed by atoms with E-state index in [0.29, 0.717) is 28.8 Å². The average molecular weight is 482 g/mol. The summed E-state index contributed by atoms with van der Waals surface area (Å²) in [5.41, 5.74) is 1.83. The highest BCUT2D eigenvalue weighted by atomic mass is 35.5. The second kappa shape index (κ2) is 9.41. The highest BCUT2D eigenvalue weighted by Crippen LogP contribution is 2.44. The highest BCUT2D eigenvalue weighted by Gasteiger charge is 2.47. The number of ketones is 1. The highest BCUT2D eigenvalue weighted by molar-refractivity contribution is 7.10. The number of carbonyl (C=O) groups excluding carboxylic acids is 2. The van der Waals surface area contributed by atoms with E-state index in [4.69, 9.17) is 16.3 Å². The summed E-state index contributed by atoms with van der Waals surface area (Å²) >= 11 is 7.57. The third-order valence-corrected chi connectivity index (χ3v) is 6.52. The van der Waals surface area contributed by atoms with Gasteiger partial charge in [0.25, 0.3) is 11.7 Å². The minimum Gasteiger partial charge on any atom is -0.507 e. The lowest BCUT2D eigenvalue weighted by molar-refractivity contribution is -0.132. The summed E-state index contributed by atoms with van der Waals surface area (Å²) in [6.45, 7) is 6.60. The first-order chi connectivity index (χ1) is 15.8. The number of rotatable bonds is 6. The van der Waals surface area contributed by atoms with Gasteiger partial charge in [-0.25, -0.2) is 0 Å². The van der Waals surface area contributed by atoms with Crippen LogP contribution in [0.2, 0.25) is 5.02 Å². The minimum absolute atomic E-state index is 0.0534. The Morgan fingerprint density at radius 1 is 1.15 bits per heavy atom. The smallest absolute Gasteiger partial charge is 0.300 e. The molecule has 0 radical (unpaired) electrons. The number of hydrogen-bond acceptors (Lipinski definition) is 5. The number of nitrogens with zero attached hydrogens (tertiary/aromatic N) is 1. The van der Waals surface area contributed by atoms with Crippen molar-refractivity contribution in [1.29, 1.82) is 0 Å². The van der Waals surface area contributed by atoms with E-state index in [-0.39, 0.29) is 11.3 Å². The fourth-order valence-electron chi connectivity index (χ4n) is 3.81. The van der Waals surface area contributed by atoms with E-state index in [1.54, 1.807) is 42.5 Å². The van der Waals surface area contributed by atoms with Crippen LogP contribution in [0.15, 0.2) is 65.6 Å². The van der Waals surface area contributed by atoms with Crippen molar-refractivity contribution in [3.63, 3.8) is 0 Å². The molecule has 2 aromatic carbocycles. The molecule has 1 aromatic heterocycles. The van der Waals surface area contributed by atoms with Crippen molar-refractivity contribution < 1.29 is 19.4 Å². The maximum atomic E-state index is 13.2. The van der Waals surface area contributed by atoms with Gasteiger partial charge in [-0.2, -0.15) is 0 Å². The monoisotopic (exact) mass is 481 g/mol. The number of benzene rings is 2. The molecule has 2 heterocycles. The van der Waals surface area contributed by atoms with Crippen molar-refractivity contribution in [2.75, 3.05) is 11.5 Å². The molecule has 0 spiro atoms. The van der Waals surface area contributed by atoms with Crippen LogP contribution in [-0.4, -0.2) is 23.4 Å². The minimum atomic E-state index is -0.749. The fraction of sp³-hybridized carbons (Fsp3) is 0.231. The van der Waals surface area contributed by atoms with Gasteiger partial charge in [0.15, 0.2) is 0 Å². The van der Waals surface area contributed by atoms with Crippen molar-refractivity contribution in [3.05, 3.63) is 86.6 Å². The van der Waals surface area contributed by atoms with Crippen LogP contribution in [-0.2, 0) is 9.59 Å². The number of Topliss-reactive ketones (excluding diaryl/α,β-unsaturated/α-hetero) is 1. The van der Waals surface area contributed by atoms with Gasteiger partial charge in [0.1, 0.15) is 17.6 Å². The first-order valence-electron chi connectivity index (χ1n) is 10.6. The predicted octanol–water partition coefficient (Wildman–Crippen LogP) is 6.37. The summed E-state index contributed by atoms with van der Waals surface area (Å²) in [7, 11) is 0. The van der Waals surface area contributed by atoms with Crippen molar-refractivity contribution in [1.82, 2.24) is 0 Å². The summed E-state index contributed by atoms with van der Waals surface area (Å²) < 4.78 is 5.82. The van der Waals surface area contributed by atoms with Crippen LogP contribution in [0.3, 0.4) is 0 Å². The Morgan fingerprint density at radius 2 is 1.94 bits per heavy atom. The van der Waals surface area contributed by atoms with Crippen molar-refractivity contribution in [2.24, 2.45) is 5.92 Å². The number of aliphatic hydroxyl groups excluding tert-OH is 1. The van der Waals surface area contributed by atoms with E-state index in [2.05, 4.69) is 13.8 Å². The third-order valence-electron chi connectivity index (χ3n) is 5.36. The molecule has 0 aliphatic carbocycles. The van der Waals surface area contributed by atoms with E-state index in [0.717, 1.165) is 16.2 Å². The van der Waals surface area contributed by atoms with E-state index in [1.807, 2.05) is 24.4 Å². The van der Waals surface area contributed by atoms with E-state index >= 15 is 0 Å². The molecule has 3 aromatic rings. The molecule has 1 aliphatic heterocycles. The lowest BCUT2D eigenvalue weighted by Gasteiger charge is -2.24. The Hall–Kier alpha value is -3.09. The van der Waals surface area contributed by atoms with Gasteiger partial charge in [0, 0.05) is 21.2 Å². The summed E-state index contributed by atoms with van der Waals surface area (Å²) in [5, 5.41) is 13.6. The fourth-order valence-corrected chi connectivity index (χ4v) is 4.82. The zero-order valence-corrected chi connectivity index (χ0v) is 20.1. The molecule has 1 fully saturated rings. The van der Waals surface area contributed by atoms with Crippen LogP contribution in [0.4, 0.5) is 5.69 Å². The average Bonchev–Trinajstić information content (AvgIpc) is 3.39. The molecule has 33 heavy (non-hydrogen) atoms. The molecule has 7 heteroatoms. The Labute approximate surface area is 201 Å². The first-order valence-corrected chi connectivity index (χ1v) is 11.9.